The number of hydrogen-bond donors (Lipinski definition) is 0. The second-order valence-electron chi connectivity index (χ2n) is 10.1. The zero-order valence-electron chi connectivity index (χ0n) is 19.3. The van der Waals surface area contributed by atoms with Crippen LogP contribution in [0.3, 0.4) is 0 Å². The first-order chi connectivity index (χ1) is 16.3. The van der Waals surface area contributed by atoms with E-state index in [0.29, 0.717) is 23.8 Å². The highest BCUT2D eigenvalue weighted by Crippen LogP contribution is 2.48. The highest BCUT2D eigenvalue weighted by molar-refractivity contribution is 5.27. The summed E-state index contributed by atoms with van der Waals surface area (Å²) in [6.07, 6.45) is 3.81. The van der Waals surface area contributed by atoms with Crippen LogP contribution < -0.4 is 0 Å². The number of likely N-dealkylation sites (tertiary alicyclic amines) is 1. The minimum Gasteiger partial charge on any atom is -0.303 e. The Kier molecular flexibility index (Phi) is 6.02. The lowest BCUT2D eigenvalue weighted by Crippen LogP contribution is -2.38. The third-order valence-electron chi connectivity index (χ3n) is 8.13. The van der Waals surface area contributed by atoms with Gasteiger partial charge in [-0.3, -0.25) is 4.84 Å². The number of rotatable bonds is 5. The first-order valence-electron chi connectivity index (χ1n) is 12.7. The van der Waals surface area contributed by atoms with Crippen molar-refractivity contribution in [3.05, 3.63) is 108 Å². The summed E-state index contributed by atoms with van der Waals surface area (Å²) in [7, 11) is 0. The molecule has 3 heterocycles. The molecule has 6 rings (SSSR count). The molecule has 3 aromatic carbocycles. The van der Waals surface area contributed by atoms with Crippen molar-refractivity contribution in [3.63, 3.8) is 0 Å². The van der Waals surface area contributed by atoms with Crippen molar-refractivity contribution < 1.29 is 4.84 Å². The Morgan fingerprint density at radius 2 is 1.27 bits per heavy atom. The molecule has 3 aliphatic heterocycles. The van der Waals surface area contributed by atoms with Crippen LogP contribution in [0.1, 0.15) is 53.9 Å². The Balaban J connectivity index is 1.15. The average molecular weight is 439 g/mol. The van der Waals surface area contributed by atoms with Crippen LogP contribution in [0, 0.1) is 5.92 Å². The molecule has 0 saturated carbocycles. The van der Waals surface area contributed by atoms with E-state index in [1.807, 2.05) is 0 Å². The molecule has 0 spiro atoms. The molecule has 3 aromatic rings. The fourth-order valence-corrected chi connectivity index (χ4v) is 6.50. The van der Waals surface area contributed by atoms with E-state index in [0.717, 1.165) is 13.0 Å². The monoisotopic (exact) mass is 438 g/mol. The van der Waals surface area contributed by atoms with Crippen molar-refractivity contribution in [2.75, 3.05) is 26.2 Å². The topological polar surface area (TPSA) is 15.7 Å². The lowest BCUT2D eigenvalue weighted by atomic mass is 9.81. The molecule has 3 fully saturated rings. The number of benzene rings is 3. The van der Waals surface area contributed by atoms with E-state index in [1.54, 1.807) is 0 Å². The van der Waals surface area contributed by atoms with Crippen molar-refractivity contribution in [3.8, 4) is 0 Å². The van der Waals surface area contributed by atoms with E-state index in [2.05, 4.69) is 101 Å². The lowest BCUT2D eigenvalue weighted by molar-refractivity contribution is -0.152. The second-order valence-corrected chi connectivity index (χ2v) is 10.1. The molecule has 3 heteroatoms. The summed E-state index contributed by atoms with van der Waals surface area (Å²) < 4.78 is 0. The van der Waals surface area contributed by atoms with Crippen LogP contribution in [0.5, 0.6) is 0 Å². The third-order valence-corrected chi connectivity index (χ3v) is 8.13. The smallest absolute Gasteiger partial charge is 0.106 e. The van der Waals surface area contributed by atoms with Gasteiger partial charge in [0.2, 0.25) is 0 Å². The largest absolute Gasteiger partial charge is 0.303 e. The molecular weight excluding hydrogens is 404 g/mol. The van der Waals surface area contributed by atoms with E-state index in [9.17, 15) is 0 Å². The van der Waals surface area contributed by atoms with Crippen molar-refractivity contribution in [1.82, 2.24) is 9.96 Å². The van der Waals surface area contributed by atoms with Crippen LogP contribution in [-0.4, -0.2) is 42.2 Å². The van der Waals surface area contributed by atoms with Crippen LogP contribution in [-0.2, 0) is 4.84 Å². The molecule has 0 bridgehead atoms. The van der Waals surface area contributed by atoms with Gasteiger partial charge in [0.1, 0.15) is 6.10 Å². The van der Waals surface area contributed by atoms with Gasteiger partial charge in [-0.25, -0.2) is 0 Å². The van der Waals surface area contributed by atoms with Crippen LogP contribution in [0.15, 0.2) is 91.0 Å². The molecule has 4 atom stereocenters. The molecule has 3 nitrogen and oxygen atoms in total. The summed E-state index contributed by atoms with van der Waals surface area (Å²) in [5, 5.41) is 2.33. The molecule has 0 N–H and O–H groups in total. The van der Waals surface area contributed by atoms with Crippen LogP contribution in [0.25, 0.3) is 0 Å². The summed E-state index contributed by atoms with van der Waals surface area (Å²) in [4.78, 5) is 9.25. The van der Waals surface area contributed by atoms with Gasteiger partial charge in [0.25, 0.3) is 0 Å². The van der Waals surface area contributed by atoms with Crippen molar-refractivity contribution >= 4 is 0 Å². The van der Waals surface area contributed by atoms with Gasteiger partial charge in [0.15, 0.2) is 0 Å². The van der Waals surface area contributed by atoms with Crippen LogP contribution in [0.4, 0.5) is 0 Å². The molecule has 3 saturated heterocycles. The highest BCUT2D eigenvalue weighted by atomic mass is 16.7. The van der Waals surface area contributed by atoms with Crippen molar-refractivity contribution in [2.24, 2.45) is 5.92 Å². The Hall–Kier alpha value is -2.46. The molecule has 0 radical (unpaired) electrons. The fraction of sp³-hybridized carbons (Fsp3) is 0.400. The van der Waals surface area contributed by atoms with E-state index in [-0.39, 0.29) is 6.10 Å². The van der Waals surface area contributed by atoms with Gasteiger partial charge in [-0.15, -0.1) is 0 Å². The van der Waals surface area contributed by atoms with E-state index < -0.39 is 0 Å². The van der Waals surface area contributed by atoms with E-state index in [4.69, 9.17) is 4.84 Å². The van der Waals surface area contributed by atoms with Crippen molar-refractivity contribution in [2.45, 2.75) is 43.2 Å². The summed E-state index contributed by atoms with van der Waals surface area (Å²) in [5.41, 5.74) is 4.30. The molecule has 0 amide bonds. The Bertz CT molecular complexity index is 1020. The van der Waals surface area contributed by atoms with Gasteiger partial charge in [0, 0.05) is 25.0 Å². The summed E-state index contributed by atoms with van der Waals surface area (Å²) in [6, 6.07) is 33.5. The highest BCUT2D eigenvalue weighted by Gasteiger charge is 2.49. The predicted octanol–water partition coefficient (Wildman–Crippen LogP) is 6.03. The normalized spacial score (nSPS) is 28.7. The van der Waals surface area contributed by atoms with Gasteiger partial charge in [-0.05, 0) is 60.9 Å². The minimum absolute atomic E-state index is 0.185. The van der Waals surface area contributed by atoms with E-state index in [1.165, 1.54) is 49.2 Å². The van der Waals surface area contributed by atoms with Gasteiger partial charge < -0.3 is 4.90 Å². The van der Waals surface area contributed by atoms with Crippen molar-refractivity contribution in [1.29, 1.82) is 0 Å². The third kappa shape index (κ3) is 4.38. The van der Waals surface area contributed by atoms with Gasteiger partial charge in [-0.2, -0.15) is 5.06 Å². The molecule has 170 valence electrons. The minimum atomic E-state index is 0.185. The zero-order chi connectivity index (χ0) is 22.0. The Morgan fingerprint density at radius 3 is 1.91 bits per heavy atom. The molecule has 0 aromatic heterocycles. The summed E-state index contributed by atoms with van der Waals surface area (Å²) in [5.74, 6) is 1.86. The number of hydroxylamine groups is 2. The first kappa shape index (κ1) is 21.1. The molecule has 0 aliphatic carbocycles. The maximum Gasteiger partial charge on any atom is 0.106 e. The average Bonchev–Trinajstić information content (AvgIpc) is 3.44. The predicted molar refractivity (Wildman–Crippen MR) is 133 cm³/mol. The molecular formula is C30H34N2O. The van der Waals surface area contributed by atoms with Crippen LogP contribution in [0.2, 0.25) is 0 Å². The summed E-state index contributed by atoms with van der Waals surface area (Å²) >= 11 is 0. The standard InChI is InChI=1S/C30H34N2O/c1-4-10-23(11-5-1)24-16-18-31(19-17-24)21-27-22-32-28(30(27)26-14-8-3-9-15-26)20-29(33-32)25-12-6-2-7-13-25/h1-15,24,27-30H,16-22H2/t27?,28-,29-,30+/m0/s1. The zero-order valence-corrected chi connectivity index (χ0v) is 19.3. The quantitative estimate of drug-likeness (QED) is 0.484. The number of hydrogen-bond acceptors (Lipinski definition) is 3. The van der Waals surface area contributed by atoms with Gasteiger partial charge in [0.05, 0.1) is 0 Å². The maximum absolute atomic E-state index is 6.53. The Morgan fingerprint density at radius 1 is 0.697 bits per heavy atom. The second kappa shape index (κ2) is 9.42. The van der Waals surface area contributed by atoms with Gasteiger partial charge in [-0.1, -0.05) is 91.0 Å². The molecule has 33 heavy (non-hydrogen) atoms. The number of piperidine rings is 1. The Labute approximate surface area is 197 Å². The first-order valence-corrected chi connectivity index (χ1v) is 12.7. The SMILES string of the molecule is c1ccc(C2CCN(CC3CN4O[C@H](c5ccccc5)C[C@H]4[C@@H]3c3ccccc3)CC2)cc1. The van der Waals surface area contributed by atoms with Gasteiger partial charge >= 0.3 is 0 Å². The molecule has 1 unspecified atom stereocenters. The van der Waals surface area contributed by atoms with E-state index >= 15 is 0 Å². The van der Waals surface area contributed by atoms with Crippen LogP contribution >= 0.6 is 0 Å². The number of nitrogens with zero attached hydrogens (tertiary/aromatic N) is 2. The number of fused-ring (bicyclic) bond motifs is 1. The summed E-state index contributed by atoms with van der Waals surface area (Å²) in [6.45, 7) is 4.62. The maximum atomic E-state index is 6.53. The molecule has 3 aliphatic rings. The lowest BCUT2D eigenvalue weighted by Gasteiger charge is -2.35. The fourth-order valence-electron chi connectivity index (χ4n) is 6.50.